The standard InChI is InChI=1S/C13H18FNO4.ClH/c1-3-18-9-7-5-6-8(12(9)16)11(15)10(14)13(17)19-4-2;/h5-7,10-11,16H,3-4,15H2,1-2H3;1H/t10?,11-;/m0./s1. The highest BCUT2D eigenvalue weighted by molar-refractivity contribution is 5.85. The first-order chi connectivity index (χ1) is 9.02. The fourth-order valence-electron chi connectivity index (χ4n) is 1.61. The van der Waals surface area contributed by atoms with Gasteiger partial charge in [0.2, 0.25) is 6.17 Å². The van der Waals surface area contributed by atoms with Crippen LogP contribution < -0.4 is 10.5 Å². The monoisotopic (exact) mass is 307 g/mol. The van der Waals surface area contributed by atoms with Crippen molar-refractivity contribution in [3.05, 3.63) is 23.8 Å². The second kappa shape index (κ2) is 8.60. The summed E-state index contributed by atoms with van der Waals surface area (Å²) in [6, 6.07) is 3.23. The van der Waals surface area contributed by atoms with Crippen molar-refractivity contribution in [1.82, 2.24) is 0 Å². The number of para-hydroxylation sites is 1. The molecule has 1 rings (SSSR count). The lowest BCUT2D eigenvalue weighted by molar-refractivity contribution is -0.149. The van der Waals surface area contributed by atoms with Crippen LogP contribution in [-0.4, -0.2) is 30.5 Å². The third-order valence-corrected chi connectivity index (χ3v) is 2.52. The Morgan fingerprint density at radius 3 is 2.60 bits per heavy atom. The summed E-state index contributed by atoms with van der Waals surface area (Å²) >= 11 is 0. The van der Waals surface area contributed by atoms with Gasteiger partial charge in [-0.25, -0.2) is 9.18 Å². The van der Waals surface area contributed by atoms with Crippen molar-refractivity contribution in [2.75, 3.05) is 13.2 Å². The van der Waals surface area contributed by atoms with Crippen molar-refractivity contribution in [1.29, 1.82) is 0 Å². The van der Waals surface area contributed by atoms with Gasteiger partial charge in [-0.2, -0.15) is 0 Å². The van der Waals surface area contributed by atoms with Crippen LogP contribution in [0.3, 0.4) is 0 Å². The van der Waals surface area contributed by atoms with E-state index < -0.39 is 18.2 Å². The van der Waals surface area contributed by atoms with E-state index in [0.29, 0.717) is 6.61 Å². The maximum atomic E-state index is 13.8. The molecule has 3 N–H and O–H groups in total. The van der Waals surface area contributed by atoms with Crippen LogP contribution in [-0.2, 0) is 9.53 Å². The first-order valence-electron chi connectivity index (χ1n) is 6.03. The van der Waals surface area contributed by atoms with Gasteiger partial charge in [-0.15, -0.1) is 12.4 Å². The Balaban J connectivity index is 0.00000361. The maximum Gasteiger partial charge on any atom is 0.342 e. The van der Waals surface area contributed by atoms with Crippen molar-refractivity contribution in [3.8, 4) is 11.5 Å². The first kappa shape index (κ1) is 18.5. The van der Waals surface area contributed by atoms with Crippen LogP contribution in [0.5, 0.6) is 11.5 Å². The van der Waals surface area contributed by atoms with E-state index in [1.807, 2.05) is 0 Å². The lowest BCUT2D eigenvalue weighted by atomic mass is 10.0. The summed E-state index contributed by atoms with van der Waals surface area (Å²) < 4.78 is 23.5. The second-order valence-electron chi connectivity index (χ2n) is 3.81. The Bertz CT molecular complexity index is 444. The zero-order chi connectivity index (χ0) is 14.4. The number of esters is 1. The van der Waals surface area contributed by atoms with E-state index in [-0.39, 0.29) is 36.1 Å². The molecule has 0 radical (unpaired) electrons. The number of hydrogen-bond donors (Lipinski definition) is 2. The SMILES string of the molecule is CCOC(=O)C(F)[C@@H](N)c1cccc(OCC)c1O.Cl. The van der Waals surface area contributed by atoms with Gasteiger partial charge in [-0.1, -0.05) is 12.1 Å². The summed E-state index contributed by atoms with van der Waals surface area (Å²) in [4.78, 5) is 11.3. The van der Waals surface area contributed by atoms with E-state index in [4.69, 9.17) is 10.5 Å². The zero-order valence-electron chi connectivity index (χ0n) is 11.3. The molecular formula is C13H19ClFNO4. The van der Waals surface area contributed by atoms with Crippen LogP contribution in [0.2, 0.25) is 0 Å². The number of phenolic OH excluding ortho intramolecular Hbond substituents is 1. The topological polar surface area (TPSA) is 81.8 Å². The van der Waals surface area contributed by atoms with Crippen LogP contribution in [0.15, 0.2) is 18.2 Å². The number of hydrogen-bond acceptors (Lipinski definition) is 5. The normalized spacial score (nSPS) is 13.0. The number of halogens is 2. The Labute approximate surface area is 123 Å². The number of rotatable bonds is 6. The van der Waals surface area contributed by atoms with Crippen LogP contribution in [0.1, 0.15) is 25.5 Å². The van der Waals surface area contributed by atoms with Crippen LogP contribution >= 0.6 is 12.4 Å². The average Bonchev–Trinajstić information content (AvgIpc) is 2.40. The summed E-state index contributed by atoms with van der Waals surface area (Å²) in [6.45, 7) is 3.74. The Kier molecular flexibility index (Phi) is 7.94. The molecule has 1 unspecified atom stereocenters. The lowest BCUT2D eigenvalue weighted by Gasteiger charge is -2.18. The van der Waals surface area contributed by atoms with E-state index in [9.17, 15) is 14.3 Å². The van der Waals surface area contributed by atoms with E-state index in [1.165, 1.54) is 12.1 Å². The Morgan fingerprint density at radius 1 is 1.40 bits per heavy atom. The third-order valence-electron chi connectivity index (χ3n) is 2.52. The van der Waals surface area contributed by atoms with Gasteiger partial charge in [0.1, 0.15) is 0 Å². The summed E-state index contributed by atoms with van der Waals surface area (Å²) in [7, 11) is 0. The third kappa shape index (κ3) is 4.25. The van der Waals surface area contributed by atoms with Crippen molar-refractivity contribution in [2.45, 2.75) is 26.1 Å². The molecule has 1 aromatic rings. The summed E-state index contributed by atoms with van der Waals surface area (Å²) in [6.07, 6.45) is -2.04. The highest BCUT2D eigenvalue weighted by Gasteiger charge is 2.30. The van der Waals surface area contributed by atoms with Crippen molar-refractivity contribution in [2.24, 2.45) is 5.73 Å². The highest BCUT2D eigenvalue weighted by atomic mass is 35.5. The minimum Gasteiger partial charge on any atom is -0.504 e. The molecule has 0 fully saturated rings. The smallest absolute Gasteiger partial charge is 0.342 e. The number of alkyl halides is 1. The van der Waals surface area contributed by atoms with Gasteiger partial charge in [-0.3, -0.25) is 0 Å². The second-order valence-corrected chi connectivity index (χ2v) is 3.81. The van der Waals surface area contributed by atoms with E-state index in [2.05, 4.69) is 4.74 Å². The number of carbonyl (C=O) groups is 1. The van der Waals surface area contributed by atoms with Gasteiger partial charge in [0, 0.05) is 5.56 Å². The Morgan fingerprint density at radius 2 is 2.05 bits per heavy atom. The molecule has 0 aromatic heterocycles. The molecule has 5 nitrogen and oxygen atoms in total. The molecule has 114 valence electrons. The van der Waals surface area contributed by atoms with E-state index >= 15 is 0 Å². The first-order valence-corrected chi connectivity index (χ1v) is 6.03. The molecule has 0 saturated heterocycles. The molecule has 7 heteroatoms. The van der Waals surface area contributed by atoms with Crippen LogP contribution in [0.4, 0.5) is 4.39 Å². The number of carbonyl (C=O) groups excluding carboxylic acids is 1. The number of phenols is 1. The number of nitrogens with two attached hydrogens (primary N) is 1. The molecule has 0 spiro atoms. The molecule has 0 aliphatic carbocycles. The largest absolute Gasteiger partial charge is 0.504 e. The summed E-state index contributed by atoms with van der Waals surface area (Å²) in [5, 5.41) is 9.93. The molecule has 2 atom stereocenters. The lowest BCUT2D eigenvalue weighted by Crippen LogP contribution is -2.31. The van der Waals surface area contributed by atoms with Crippen molar-refractivity contribution >= 4 is 18.4 Å². The van der Waals surface area contributed by atoms with Crippen LogP contribution in [0, 0.1) is 0 Å². The predicted octanol–water partition coefficient (Wildman–Crippen LogP) is 2.11. The zero-order valence-corrected chi connectivity index (χ0v) is 12.2. The van der Waals surface area contributed by atoms with Gasteiger partial charge in [0.25, 0.3) is 0 Å². The molecule has 0 amide bonds. The Hall–Kier alpha value is -1.53. The van der Waals surface area contributed by atoms with Gasteiger partial charge in [0.05, 0.1) is 19.3 Å². The quantitative estimate of drug-likeness (QED) is 0.787. The van der Waals surface area contributed by atoms with Crippen LogP contribution in [0.25, 0.3) is 0 Å². The minimum absolute atomic E-state index is 0. The van der Waals surface area contributed by atoms with Gasteiger partial charge >= 0.3 is 5.97 Å². The molecule has 0 aliphatic rings. The van der Waals surface area contributed by atoms with E-state index in [1.54, 1.807) is 19.9 Å². The average molecular weight is 308 g/mol. The predicted molar refractivity (Wildman–Crippen MR) is 75.0 cm³/mol. The molecule has 0 bridgehead atoms. The molecule has 1 aromatic carbocycles. The molecular weight excluding hydrogens is 289 g/mol. The number of benzene rings is 1. The van der Waals surface area contributed by atoms with Gasteiger partial charge in [-0.05, 0) is 19.9 Å². The number of ether oxygens (including phenoxy) is 2. The van der Waals surface area contributed by atoms with Gasteiger partial charge in [0.15, 0.2) is 11.5 Å². The molecule has 0 heterocycles. The fraction of sp³-hybridized carbons (Fsp3) is 0.462. The fourth-order valence-corrected chi connectivity index (χ4v) is 1.61. The van der Waals surface area contributed by atoms with Crippen molar-refractivity contribution < 1.29 is 23.8 Å². The maximum absolute atomic E-state index is 13.8. The molecule has 0 saturated carbocycles. The molecule has 20 heavy (non-hydrogen) atoms. The summed E-state index contributed by atoms with van der Waals surface area (Å²) in [5.41, 5.74) is 5.75. The minimum atomic E-state index is -2.04. The van der Waals surface area contributed by atoms with E-state index in [0.717, 1.165) is 0 Å². The van der Waals surface area contributed by atoms with Gasteiger partial charge < -0.3 is 20.3 Å². The summed E-state index contributed by atoms with van der Waals surface area (Å²) in [5.74, 6) is -1.11. The molecule has 0 aliphatic heterocycles. The number of aromatic hydroxyl groups is 1. The van der Waals surface area contributed by atoms with Crippen molar-refractivity contribution in [3.63, 3.8) is 0 Å². The highest BCUT2D eigenvalue weighted by Crippen LogP contribution is 2.34.